The molecule has 0 heterocycles. The molecule has 0 spiro atoms. The van der Waals surface area contributed by atoms with Crippen molar-refractivity contribution in [3.05, 3.63) is 54.1 Å². The molecule has 0 aliphatic rings. The van der Waals surface area contributed by atoms with Gasteiger partial charge in [0.15, 0.2) is 0 Å². The number of nitriles is 1. The number of unbranched alkanes of at least 4 members (excludes halogenated alkanes) is 4. The van der Waals surface area contributed by atoms with Gasteiger partial charge < -0.3 is 9.84 Å². The Balaban J connectivity index is 1.68. The first kappa shape index (κ1) is 18.5. The Morgan fingerprint density at radius 1 is 0.880 bits per heavy atom. The van der Waals surface area contributed by atoms with Crippen LogP contribution >= 0.6 is 0 Å². The van der Waals surface area contributed by atoms with Gasteiger partial charge in [-0.05, 0) is 48.2 Å². The average Bonchev–Trinajstić information content (AvgIpc) is 2.64. The van der Waals surface area contributed by atoms with Crippen molar-refractivity contribution in [2.45, 2.75) is 38.5 Å². The van der Waals surface area contributed by atoms with Crippen LogP contribution in [0.2, 0.25) is 0 Å². The maximum Gasteiger partial charge on any atom is 0.303 e. The minimum atomic E-state index is -0.715. The Kier molecular flexibility index (Phi) is 7.52. The van der Waals surface area contributed by atoms with Gasteiger partial charge in [0.2, 0.25) is 0 Å². The molecule has 2 aromatic rings. The number of hydrogen-bond acceptors (Lipinski definition) is 3. The van der Waals surface area contributed by atoms with Crippen molar-refractivity contribution >= 4 is 5.97 Å². The third-order valence-corrected chi connectivity index (χ3v) is 4.01. The average molecular weight is 337 g/mol. The monoisotopic (exact) mass is 337 g/mol. The first-order valence-corrected chi connectivity index (χ1v) is 8.64. The molecule has 25 heavy (non-hydrogen) atoms. The minimum absolute atomic E-state index is 0.266. The number of benzene rings is 2. The highest BCUT2D eigenvalue weighted by Gasteiger charge is 2.00. The van der Waals surface area contributed by atoms with Gasteiger partial charge in [-0.25, -0.2) is 0 Å². The van der Waals surface area contributed by atoms with Gasteiger partial charge in [-0.3, -0.25) is 4.79 Å². The molecule has 130 valence electrons. The lowest BCUT2D eigenvalue weighted by Gasteiger charge is -2.07. The first-order chi connectivity index (χ1) is 12.2. The van der Waals surface area contributed by atoms with Gasteiger partial charge in [0.1, 0.15) is 5.75 Å². The molecule has 4 nitrogen and oxygen atoms in total. The molecule has 0 amide bonds. The molecule has 0 aliphatic heterocycles. The Morgan fingerprint density at radius 3 is 2.04 bits per heavy atom. The van der Waals surface area contributed by atoms with E-state index in [4.69, 9.17) is 15.1 Å². The number of nitrogens with zero attached hydrogens (tertiary/aromatic N) is 1. The molecule has 2 rings (SSSR count). The zero-order valence-electron chi connectivity index (χ0n) is 14.3. The van der Waals surface area contributed by atoms with Crippen molar-refractivity contribution in [2.24, 2.45) is 0 Å². The van der Waals surface area contributed by atoms with E-state index in [2.05, 4.69) is 6.07 Å². The zero-order valence-corrected chi connectivity index (χ0v) is 14.3. The molecule has 0 atom stereocenters. The highest BCUT2D eigenvalue weighted by atomic mass is 16.5. The summed E-state index contributed by atoms with van der Waals surface area (Å²) < 4.78 is 5.74. The standard InChI is InChI=1S/C21H23NO3/c22-16-17-7-9-18(10-8-17)19-11-13-20(14-12-19)25-15-5-3-1-2-4-6-21(23)24/h7-14H,1-6,15H2,(H,23,24). The summed E-state index contributed by atoms with van der Waals surface area (Å²) in [5.41, 5.74) is 2.83. The second-order valence-electron chi connectivity index (χ2n) is 5.97. The normalized spacial score (nSPS) is 10.2. The minimum Gasteiger partial charge on any atom is -0.494 e. The molecule has 0 unspecified atom stereocenters. The molecular weight excluding hydrogens is 314 g/mol. The number of carboxylic acids is 1. The Labute approximate surface area is 148 Å². The van der Waals surface area contributed by atoms with Crippen LogP contribution in [0.3, 0.4) is 0 Å². The zero-order chi connectivity index (χ0) is 17.9. The molecule has 0 fully saturated rings. The largest absolute Gasteiger partial charge is 0.494 e. The van der Waals surface area contributed by atoms with Crippen LogP contribution in [0.5, 0.6) is 5.75 Å². The summed E-state index contributed by atoms with van der Waals surface area (Å²) in [6.45, 7) is 0.676. The quantitative estimate of drug-likeness (QED) is 0.617. The number of aliphatic carboxylic acids is 1. The molecular formula is C21H23NO3. The predicted octanol–water partition coefficient (Wildman–Crippen LogP) is 5.03. The van der Waals surface area contributed by atoms with E-state index >= 15 is 0 Å². The number of carbonyl (C=O) groups is 1. The lowest BCUT2D eigenvalue weighted by molar-refractivity contribution is -0.137. The van der Waals surface area contributed by atoms with Gasteiger partial charge in [0.25, 0.3) is 0 Å². The van der Waals surface area contributed by atoms with Crippen molar-refractivity contribution in [1.82, 2.24) is 0 Å². The molecule has 4 heteroatoms. The number of hydrogen-bond donors (Lipinski definition) is 1. The van der Waals surface area contributed by atoms with E-state index in [1.807, 2.05) is 48.5 Å². The lowest BCUT2D eigenvalue weighted by Crippen LogP contribution is -1.97. The SMILES string of the molecule is N#Cc1ccc(-c2ccc(OCCCCCCCC(=O)O)cc2)cc1. The molecule has 1 N–H and O–H groups in total. The smallest absolute Gasteiger partial charge is 0.303 e. The predicted molar refractivity (Wildman–Crippen MR) is 97.4 cm³/mol. The van der Waals surface area contributed by atoms with Gasteiger partial charge in [0, 0.05) is 6.42 Å². The van der Waals surface area contributed by atoms with Crippen LogP contribution in [0.1, 0.15) is 44.1 Å². The highest BCUT2D eigenvalue weighted by molar-refractivity contribution is 5.66. The van der Waals surface area contributed by atoms with E-state index in [0.717, 1.165) is 49.0 Å². The maximum atomic E-state index is 10.4. The van der Waals surface area contributed by atoms with Crippen LogP contribution in [0, 0.1) is 11.3 Å². The summed E-state index contributed by atoms with van der Waals surface area (Å²) in [6.07, 6.45) is 5.07. The summed E-state index contributed by atoms with van der Waals surface area (Å²) in [6, 6.07) is 17.6. The fourth-order valence-electron chi connectivity index (χ4n) is 2.58. The Morgan fingerprint density at radius 2 is 1.44 bits per heavy atom. The number of carboxylic acid groups (broad SMARTS) is 1. The van der Waals surface area contributed by atoms with E-state index < -0.39 is 5.97 Å². The van der Waals surface area contributed by atoms with Gasteiger partial charge in [-0.2, -0.15) is 5.26 Å². The van der Waals surface area contributed by atoms with E-state index in [1.54, 1.807) is 0 Å². The van der Waals surface area contributed by atoms with Gasteiger partial charge in [0.05, 0.1) is 18.2 Å². The van der Waals surface area contributed by atoms with Crippen LogP contribution in [-0.4, -0.2) is 17.7 Å². The molecule has 0 saturated carbocycles. The molecule has 0 radical (unpaired) electrons. The summed E-state index contributed by atoms with van der Waals surface area (Å²) >= 11 is 0. The molecule has 2 aromatic carbocycles. The van der Waals surface area contributed by atoms with Crippen LogP contribution in [0.4, 0.5) is 0 Å². The Bertz CT molecular complexity index is 699. The fourth-order valence-corrected chi connectivity index (χ4v) is 2.58. The van der Waals surface area contributed by atoms with E-state index in [-0.39, 0.29) is 6.42 Å². The third-order valence-electron chi connectivity index (χ3n) is 4.01. The summed E-state index contributed by atoms with van der Waals surface area (Å²) in [5, 5.41) is 17.4. The summed E-state index contributed by atoms with van der Waals surface area (Å²) in [7, 11) is 0. The number of rotatable bonds is 10. The summed E-state index contributed by atoms with van der Waals surface area (Å²) in [4.78, 5) is 10.4. The van der Waals surface area contributed by atoms with E-state index in [0.29, 0.717) is 12.2 Å². The van der Waals surface area contributed by atoms with Crippen molar-refractivity contribution in [2.75, 3.05) is 6.61 Å². The van der Waals surface area contributed by atoms with Crippen molar-refractivity contribution in [1.29, 1.82) is 5.26 Å². The molecule has 0 aliphatic carbocycles. The van der Waals surface area contributed by atoms with Crippen LogP contribution in [-0.2, 0) is 4.79 Å². The van der Waals surface area contributed by atoms with Crippen LogP contribution < -0.4 is 4.74 Å². The van der Waals surface area contributed by atoms with Crippen molar-refractivity contribution in [3.8, 4) is 22.9 Å². The fraction of sp³-hybridized carbons (Fsp3) is 0.333. The van der Waals surface area contributed by atoms with E-state index in [1.165, 1.54) is 0 Å². The van der Waals surface area contributed by atoms with Gasteiger partial charge in [-0.1, -0.05) is 43.5 Å². The van der Waals surface area contributed by atoms with Gasteiger partial charge in [-0.15, -0.1) is 0 Å². The third kappa shape index (κ3) is 6.68. The van der Waals surface area contributed by atoms with Crippen LogP contribution in [0.25, 0.3) is 11.1 Å². The molecule has 0 bridgehead atoms. The highest BCUT2D eigenvalue weighted by Crippen LogP contribution is 2.23. The van der Waals surface area contributed by atoms with Crippen molar-refractivity contribution < 1.29 is 14.6 Å². The second-order valence-corrected chi connectivity index (χ2v) is 5.97. The summed E-state index contributed by atoms with van der Waals surface area (Å²) in [5.74, 6) is 0.135. The molecule has 0 saturated heterocycles. The topological polar surface area (TPSA) is 70.3 Å². The second kappa shape index (κ2) is 10.1. The maximum absolute atomic E-state index is 10.4. The van der Waals surface area contributed by atoms with Gasteiger partial charge >= 0.3 is 5.97 Å². The molecule has 0 aromatic heterocycles. The lowest BCUT2D eigenvalue weighted by atomic mass is 10.0. The first-order valence-electron chi connectivity index (χ1n) is 8.64. The van der Waals surface area contributed by atoms with E-state index in [9.17, 15) is 4.79 Å². The van der Waals surface area contributed by atoms with Crippen LogP contribution in [0.15, 0.2) is 48.5 Å². The van der Waals surface area contributed by atoms with Crippen molar-refractivity contribution in [3.63, 3.8) is 0 Å². The Hall–Kier alpha value is -2.80. The number of ether oxygens (including phenoxy) is 1.